The maximum atomic E-state index is 13.0. The number of aromatic nitrogens is 3. The molecule has 38 heavy (non-hydrogen) atoms. The van der Waals surface area contributed by atoms with Gasteiger partial charge in [0.2, 0.25) is 0 Å². The molecule has 0 aliphatic rings. The molecule has 0 aliphatic carbocycles. The lowest BCUT2D eigenvalue weighted by atomic mass is 10.1. The monoisotopic (exact) mass is 532 g/mol. The first-order chi connectivity index (χ1) is 18.1. The summed E-state index contributed by atoms with van der Waals surface area (Å²) in [4.78, 5) is 23.2. The summed E-state index contributed by atoms with van der Waals surface area (Å²) in [6.07, 6.45) is -2.13. The molecule has 2 N–H and O–H groups in total. The van der Waals surface area contributed by atoms with Crippen molar-refractivity contribution in [3.8, 4) is 5.69 Å². The first-order valence-corrected chi connectivity index (χ1v) is 12.0. The average molecular weight is 533 g/mol. The highest BCUT2D eigenvalue weighted by Gasteiger charge is 2.30. The van der Waals surface area contributed by atoms with Crippen molar-refractivity contribution in [3.63, 3.8) is 0 Å². The third kappa shape index (κ3) is 6.32. The van der Waals surface area contributed by atoms with Crippen LogP contribution in [0.2, 0.25) is 0 Å². The molecule has 0 fully saturated rings. The van der Waals surface area contributed by atoms with Crippen molar-refractivity contribution < 1.29 is 37.3 Å². The number of fused-ring (bicyclic) bond motifs is 3. The van der Waals surface area contributed by atoms with Crippen molar-refractivity contribution in [1.29, 1.82) is 0 Å². The van der Waals surface area contributed by atoms with E-state index in [-0.39, 0.29) is 25.5 Å². The van der Waals surface area contributed by atoms with Crippen LogP contribution < -0.4 is 5.32 Å². The van der Waals surface area contributed by atoms with Gasteiger partial charge in [-0.25, -0.2) is 0 Å². The second kappa shape index (κ2) is 11.7. The molecule has 0 unspecified atom stereocenters. The number of hydrogen-bond donors (Lipinski definition) is 2. The van der Waals surface area contributed by atoms with Crippen LogP contribution in [0.3, 0.4) is 0 Å². The molecule has 2 heterocycles. The average Bonchev–Trinajstić information content (AvgIpc) is 3.38. The summed E-state index contributed by atoms with van der Waals surface area (Å²) in [6.45, 7) is 1.57. The van der Waals surface area contributed by atoms with E-state index in [2.05, 4.69) is 10.4 Å². The van der Waals surface area contributed by atoms with Crippen molar-refractivity contribution >= 4 is 33.8 Å². The zero-order chi connectivity index (χ0) is 27.3. The number of carboxylic acids is 1. The summed E-state index contributed by atoms with van der Waals surface area (Å²) in [5.41, 5.74) is 1.50. The summed E-state index contributed by atoms with van der Waals surface area (Å²) in [5.74, 6) is -1.15. The zero-order valence-corrected chi connectivity index (χ0v) is 20.6. The Hall–Kier alpha value is -3.90. The van der Waals surface area contributed by atoms with Crippen molar-refractivity contribution in [1.82, 2.24) is 19.7 Å². The largest absolute Gasteiger partial charge is 0.481 e. The Morgan fingerprint density at radius 3 is 2.39 bits per heavy atom. The van der Waals surface area contributed by atoms with Crippen LogP contribution in [0.15, 0.2) is 48.7 Å². The molecule has 0 spiro atoms. The fourth-order valence-corrected chi connectivity index (χ4v) is 4.08. The van der Waals surface area contributed by atoms with E-state index < -0.39 is 17.7 Å². The van der Waals surface area contributed by atoms with Crippen LogP contribution in [0.25, 0.3) is 27.6 Å². The predicted molar refractivity (Wildman–Crippen MR) is 133 cm³/mol. The predicted octanol–water partition coefficient (Wildman–Crippen LogP) is 4.16. The fourth-order valence-electron chi connectivity index (χ4n) is 4.08. The highest BCUT2D eigenvalue weighted by atomic mass is 19.4. The molecule has 1 amide bonds. The lowest BCUT2D eigenvalue weighted by Crippen LogP contribution is -2.27. The van der Waals surface area contributed by atoms with E-state index in [0.29, 0.717) is 48.7 Å². The number of rotatable bonds is 12. The second-order valence-electron chi connectivity index (χ2n) is 8.63. The Bertz CT molecular complexity index is 1430. The van der Waals surface area contributed by atoms with E-state index in [1.807, 2.05) is 0 Å². The van der Waals surface area contributed by atoms with Gasteiger partial charge in [-0.15, -0.1) is 0 Å². The third-order valence-corrected chi connectivity index (χ3v) is 5.85. The number of amides is 1. The van der Waals surface area contributed by atoms with Crippen LogP contribution in [0.1, 0.15) is 28.8 Å². The summed E-state index contributed by atoms with van der Waals surface area (Å²) in [6, 6.07) is 10.0. The van der Waals surface area contributed by atoms with Gasteiger partial charge in [-0.1, -0.05) is 0 Å². The molecule has 0 bridgehead atoms. The van der Waals surface area contributed by atoms with Crippen molar-refractivity contribution in [2.75, 3.05) is 33.0 Å². The second-order valence-corrected chi connectivity index (χ2v) is 8.63. The molecule has 4 rings (SSSR count). The molecule has 0 aliphatic heterocycles. The number of nitrogens with zero attached hydrogens (tertiary/aromatic N) is 3. The van der Waals surface area contributed by atoms with Crippen LogP contribution in [0.4, 0.5) is 13.2 Å². The standard InChI is InChI=1S/C26H27F3N4O5/c1-32-16-21-20-15-17(25(36)30-10-12-38-14-13-37-11-2-3-23(34)35)4-9-22(20)33(24(21)31-32)19-7-5-18(6-8-19)26(27,28)29/h4-9,15-16H,2-3,10-14H2,1H3,(H,30,36)(H,34,35). The normalized spacial score (nSPS) is 11.9. The molecule has 0 saturated carbocycles. The zero-order valence-electron chi connectivity index (χ0n) is 20.6. The number of aliphatic carboxylic acids is 1. The van der Waals surface area contributed by atoms with Gasteiger partial charge in [0, 0.05) is 54.8 Å². The molecule has 0 atom stereocenters. The lowest BCUT2D eigenvalue weighted by Gasteiger charge is -2.10. The third-order valence-electron chi connectivity index (χ3n) is 5.85. The van der Waals surface area contributed by atoms with Gasteiger partial charge in [-0.2, -0.15) is 18.3 Å². The number of halogens is 3. The van der Waals surface area contributed by atoms with Crippen LogP contribution in [-0.4, -0.2) is 64.3 Å². The number of benzene rings is 2. The minimum Gasteiger partial charge on any atom is -0.481 e. The van der Waals surface area contributed by atoms with Gasteiger partial charge < -0.3 is 19.9 Å². The quantitative estimate of drug-likeness (QED) is 0.265. The molecule has 0 radical (unpaired) electrons. The van der Waals surface area contributed by atoms with E-state index >= 15 is 0 Å². The van der Waals surface area contributed by atoms with Gasteiger partial charge in [0.1, 0.15) is 0 Å². The van der Waals surface area contributed by atoms with E-state index in [1.54, 1.807) is 40.7 Å². The highest BCUT2D eigenvalue weighted by Crippen LogP contribution is 2.34. The minimum absolute atomic E-state index is 0.0603. The molecule has 12 heteroatoms. The van der Waals surface area contributed by atoms with Crippen molar-refractivity contribution in [2.45, 2.75) is 19.0 Å². The Morgan fingerprint density at radius 2 is 1.71 bits per heavy atom. The molecule has 2 aromatic heterocycles. The highest BCUT2D eigenvalue weighted by molar-refractivity contribution is 6.10. The van der Waals surface area contributed by atoms with E-state index in [4.69, 9.17) is 14.6 Å². The Morgan fingerprint density at radius 1 is 1.00 bits per heavy atom. The Labute approximate surface area is 215 Å². The van der Waals surface area contributed by atoms with Crippen molar-refractivity contribution in [3.05, 3.63) is 59.8 Å². The van der Waals surface area contributed by atoms with E-state index in [0.717, 1.165) is 22.9 Å². The number of carbonyl (C=O) groups is 2. The maximum Gasteiger partial charge on any atom is 0.416 e. The number of carboxylic acid groups (broad SMARTS) is 1. The molecule has 202 valence electrons. The molecular weight excluding hydrogens is 505 g/mol. The van der Waals surface area contributed by atoms with Gasteiger partial charge in [-0.05, 0) is 48.9 Å². The minimum atomic E-state index is -4.43. The summed E-state index contributed by atoms with van der Waals surface area (Å²) in [5, 5.41) is 17.4. The molecular formula is C26H27F3N4O5. The first-order valence-electron chi connectivity index (χ1n) is 12.0. The van der Waals surface area contributed by atoms with E-state index in [9.17, 15) is 22.8 Å². The number of aryl methyl sites for hydroxylation is 1. The van der Waals surface area contributed by atoms with Gasteiger partial charge >= 0.3 is 12.1 Å². The summed E-state index contributed by atoms with van der Waals surface area (Å²) in [7, 11) is 1.75. The summed E-state index contributed by atoms with van der Waals surface area (Å²) >= 11 is 0. The number of carbonyl (C=O) groups excluding carboxylic acids is 1. The molecule has 4 aromatic rings. The lowest BCUT2D eigenvalue weighted by molar-refractivity contribution is -0.138. The fraction of sp³-hybridized carbons (Fsp3) is 0.346. The Balaban J connectivity index is 1.40. The van der Waals surface area contributed by atoms with Crippen LogP contribution in [0, 0.1) is 0 Å². The topological polar surface area (TPSA) is 108 Å². The number of ether oxygens (including phenoxy) is 2. The number of nitrogens with one attached hydrogen (secondary N) is 1. The van der Waals surface area contributed by atoms with Gasteiger partial charge in [0.15, 0.2) is 5.65 Å². The number of hydrogen-bond acceptors (Lipinski definition) is 5. The van der Waals surface area contributed by atoms with Crippen LogP contribution in [-0.2, 0) is 27.5 Å². The molecule has 2 aromatic carbocycles. The van der Waals surface area contributed by atoms with Crippen molar-refractivity contribution in [2.24, 2.45) is 7.05 Å². The molecule has 0 saturated heterocycles. The van der Waals surface area contributed by atoms with Crippen LogP contribution in [0.5, 0.6) is 0 Å². The van der Waals surface area contributed by atoms with Gasteiger partial charge in [0.05, 0.1) is 30.9 Å². The maximum absolute atomic E-state index is 13.0. The molecule has 9 nitrogen and oxygen atoms in total. The van der Waals surface area contributed by atoms with E-state index in [1.165, 1.54) is 12.1 Å². The SMILES string of the molecule is Cn1cc2c3cc(C(=O)NCCOCCOCCCC(=O)O)ccc3n(-c3ccc(C(F)(F)F)cc3)c2n1. The first kappa shape index (κ1) is 27.1. The van der Waals surface area contributed by atoms with Crippen LogP contribution >= 0.6 is 0 Å². The van der Waals surface area contributed by atoms with Gasteiger partial charge in [-0.3, -0.25) is 18.8 Å². The smallest absolute Gasteiger partial charge is 0.416 e. The Kier molecular flexibility index (Phi) is 8.32. The summed E-state index contributed by atoms with van der Waals surface area (Å²) < 4.78 is 53.2. The van der Waals surface area contributed by atoms with Gasteiger partial charge in [0.25, 0.3) is 5.91 Å². The number of alkyl halides is 3.